The van der Waals surface area contributed by atoms with Crippen LogP contribution in [0.5, 0.6) is 0 Å². The predicted octanol–water partition coefficient (Wildman–Crippen LogP) is 2.60. The first kappa shape index (κ1) is 17.0. The van der Waals surface area contributed by atoms with Crippen LogP contribution in [0.15, 0.2) is 12.3 Å². The molecule has 1 aromatic heterocycles. The van der Waals surface area contributed by atoms with E-state index >= 15 is 0 Å². The summed E-state index contributed by atoms with van der Waals surface area (Å²) in [6.45, 7) is 8.39. The van der Waals surface area contributed by atoms with Crippen LogP contribution >= 0.6 is 0 Å². The summed E-state index contributed by atoms with van der Waals surface area (Å²) in [6.07, 6.45) is -3.65. The lowest BCUT2D eigenvalue weighted by Crippen LogP contribution is -2.41. The third-order valence-corrected chi connectivity index (χ3v) is 4.08. The highest BCUT2D eigenvalue weighted by Gasteiger charge is 2.52. The molecule has 0 aromatic carbocycles. The van der Waals surface area contributed by atoms with Crippen molar-refractivity contribution in [3.05, 3.63) is 23.5 Å². The number of rotatable bonds is 2. The van der Waals surface area contributed by atoms with Crippen LogP contribution in [-0.2, 0) is 15.5 Å². The zero-order valence-corrected chi connectivity index (χ0v) is 13.0. The lowest BCUT2D eigenvalue weighted by atomic mass is 9.79. The Bertz CT molecular complexity index is 598. The first-order chi connectivity index (χ1) is 9.85. The smallest absolute Gasteiger partial charge is 0.399 e. The van der Waals surface area contributed by atoms with Crippen LogP contribution in [0, 0.1) is 0 Å². The quantitative estimate of drug-likeness (QED) is 0.622. The highest BCUT2D eigenvalue weighted by atomic mass is 19.4. The van der Waals surface area contributed by atoms with Crippen LogP contribution < -0.4 is 5.46 Å². The summed E-state index contributed by atoms with van der Waals surface area (Å²) in [5, 5.41) is 0. The number of halogens is 3. The van der Waals surface area contributed by atoms with Gasteiger partial charge in [0.1, 0.15) is 0 Å². The molecule has 1 aliphatic heterocycles. The van der Waals surface area contributed by atoms with Crippen molar-refractivity contribution in [1.82, 2.24) is 4.98 Å². The van der Waals surface area contributed by atoms with Crippen LogP contribution in [0.3, 0.4) is 0 Å². The van der Waals surface area contributed by atoms with E-state index in [0.717, 1.165) is 19.2 Å². The Morgan fingerprint density at radius 3 is 2.09 bits per heavy atom. The van der Waals surface area contributed by atoms with Crippen LogP contribution in [-0.4, -0.2) is 29.1 Å². The standard InChI is InChI=1S/C14H17BF3NO3/c1-8(20)10-6-9(7-19-11(10)14(16,17)18)15-21-12(2,3)13(4,5)22-15/h6-7H,1-5H3. The molecule has 1 aliphatic rings. The summed E-state index contributed by atoms with van der Waals surface area (Å²) >= 11 is 0. The van der Waals surface area contributed by atoms with E-state index in [0.29, 0.717) is 0 Å². The minimum atomic E-state index is -4.69. The zero-order valence-electron chi connectivity index (χ0n) is 13.0. The molecule has 0 saturated carbocycles. The molecule has 4 nitrogen and oxygen atoms in total. The fourth-order valence-electron chi connectivity index (χ4n) is 2.08. The topological polar surface area (TPSA) is 48.4 Å². The van der Waals surface area contributed by atoms with Gasteiger partial charge in [-0.3, -0.25) is 9.78 Å². The van der Waals surface area contributed by atoms with E-state index in [-0.39, 0.29) is 5.46 Å². The molecule has 2 heterocycles. The Kier molecular flexibility index (Phi) is 3.90. The summed E-state index contributed by atoms with van der Waals surface area (Å²) in [5.41, 5.74) is -2.65. The molecule has 2 rings (SSSR count). The van der Waals surface area contributed by atoms with Crippen LogP contribution in [0.2, 0.25) is 0 Å². The lowest BCUT2D eigenvalue weighted by molar-refractivity contribution is -0.141. The number of nitrogens with zero attached hydrogens (tertiary/aromatic N) is 1. The van der Waals surface area contributed by atoms with Gasteiger partial charge < -0.3 is 9.31 Å². The monoisotopic (exact) mass is 315 g/mol. The van der Waals surface area contributed by atoms with Crippen LogP contribution in [0.25, 0.3) is 0 Å². The van der Waals surface area contributed by atoms with E-state index < -0.39 is 41.5 Å². The van der Waals surface area contributed by atoms with Crippen molar-refractivity contribution in [3.63, 3.8) is 0 Å². The van der Waals surface area contributed by atoms with Gasteiger partial charge in [0.2, 0.25) is 0 Å². The van der Waals surface area contributed by atoms with Gasteiger partial charge >= 0.3 is 13.3 Å². The van der Waals surface area contributed by atoms with E-state index in [1.54, 1.807) is 0 Å². The fraction of sp³-hybridized carbons (Fsp3) is 0.571. The van der Waals surface area contributed by atoms with Crippen molar-refractivity contribution in [2.24, 2.45) is 0 Å². The third-order valence-electron chi connectivity index (χ3n) is 4.08. The third kappa shape index (κ3) is 2.89. The number of aromatic nitrogens is 1. The van der Waals surface area contributed by atoms with E-state index in [4.69, 9.17) is 9.31 Å². The second-order valence-electron chi connectivity index (χ2n) is 6.31. The van der Waals surface area contributed by atoms with Gasteiger partial charge in [0, 0.05) is 17.2 Å². The van der Waals surface area contributed by atoms with Crippen molar-refractivity contribution in [1.29, 1.82) is 0 Å². The number of pyridine rings is 1. The molecular formula is C14H17BF3NO3. The maximum absolute atomic E-state index is 12.9. The van der Waals surface area contributed by atoms with Gasteiger partial charge in [-0.2, -0.15) is 13.2 Å². The van der Waals surface area contributed by atoms with Crippen molar-refractivity contribution >= 4 is 18.4 Å². The number of alkyl halides is 3. The number of Topliss-reactive ketones (excluding diaryl/α,β-unsaturated/α-hetero) is 1. The Morgan fingerprint density at radius 1 is 1.18 bits per heavy atom. The molecule has 8 heteroatoms. The number of hydrogen-bond donors (Lipinski definition) is 0. The molecule has 0 bridgehead atoms. The first-order valence-corrected chi connectivity index (χ1v) is 6.79. The van der Waals surface area contributed by atoms with E-state index in [2.05, 4.69) is 4.98 Å². The van der Waals surface area contributed by atoms with Gasteiger partial charge in [0.15, 0.2) is 11.5 Å². The molecule has 0 spiro atoms. The van der Waals surface area contributed by atoms with Crippen molar-refractivity contribution in [3.8, 4) is 0 Å². The molecule has 0 amide bonds. The van der Waals surface area contributed by atoms with Crippen molar-refractivity contribution < 1.29 is 27.3 Å². The van der Waals surface area contributed by atoms with Gasteiger partial charge in [-0.05, 0) is 40.7 Å². The SMILES string of the molecule is CC(=O)c1cc(B2OC(C)(C)C(C)(C)O2)cnc1C(F)(F)F. The van der Waals surface area contributed by atoms with Crippen molar-refractivity contribution in [2.45, 2.75) is 52.0 Å². The van der Waals surface area contributed by atoms with E-state index in [9.17, 15) is 18.0 Å². The van der Waals surface area contributed by atoms with Crippen LogP contribution in [0.1, 0.15) is 50.7 Å². The molecule has 0 atom stereocenters. The molecule has 1 saturated heterocycles. The normalized spacial score (nSPS) is 20.3. The lowest BCUT2D eigenvalue weighted by Gasteiger charge is -2.32. The molecule has 22 heavy (non-hydrogen) atoms. The highest BCUT2D eigenvalue weighted by molar-refractivity contribution is 6.62. The molecular weight excluding hydrogens is 298 g/mol. The minimum absolute atomic E-state index is 0.289. The Labute approximate surface area is 127 Å². The average molecular weight is 315 g/mol. The number of hydrogen-bond acceptors (Lipinski definition) is 4. The highest BCUT2D eigenvalue weighted by Crippen LogP contribution is 2.37. The van der Waals surface area contributed by atoms with Crippen LogP contribution in [0.4, 0.5) is 13.2 Å². The Morgan fingerprint density at radius 2 is 1.68 bits per heavy atom. The number of ketones is 1. The van der Waals surface area contributed by atoms with Gasteiger partial charge in [-0.1, -0.05) is 0 Å². The summed E-state index contributed by atoms with van der Waals surface area (Å²) in [5.74, 6) is -0.710. The second-order valence-corrected chi connectivity index (χ2v) is 6.31. The summed E-state index contributed by atoms with van der Waals surface area (Å²) in [4.78, 5) is 14.9. The molecule has 0 radical (unpaired) electrons. The van der Waals surface area contributed by atoms with Gasteiger partial charge in [0.25, 0.3) is 0 Å². The van der Waals surface area contributed by atoms with Gasteiger partial charge in [-0.25, -0.2) is 0 Å². The maximum atomic E-state index is 12.9. The Balaban J connectivity index is 2.44. The summed E-state index contributed by atoms with van der Waals surface area (Å²) < 4.78 is 50.2. The largest absolute Gasteiger partial charge is 0.496 e. The van der Waals surface area contributed by atoms with Gasteiger partial charge in [-0.15, -0.1) is 0 Å². The summed E-state index contributed by atoms with van der Waals surface area (Å²) in [7, 11) is -0.863. The van der Waals surface area contributed by atoms with Gasteiger partial charge in [0.05, 0.1) is 11.2 Å². The molecule has 1 aromatic rings. The second kappa shape index (κ2) is 5.06. The molecule has 1 fully saturated rings. The maximum Gasteiger partial charge on any atom is 0.496 e. The minimum Gasteiger partial charge on any atom is -0.399 e. The van der Waals surface area contributed by atoms with Crippen molar-refractivity contribution in [2.75, 3.05) is 0 Å². The molecule has 0 N–H and O–H groups in total. The number of carbonyl (C=O) groups is 1. The predicted molar refractivity (Wildman–Crippen MR) is 75.0 cm³/mol. The molecule has 120 valence electrons. The molecule has 0 unspecified atom stereocenters. The average Bonchev–Trinajstić information content (AvgIpc) is 2.56. The molecule has 0 aliphatic carbocycles. The Hall–Kier alpha value is -1.41. The number of carbonyl (C=O) groups excluding carboxylic acids is 1. The van der Waals surface area contributed by atoms with E-state index in [1.807, 2.05) is 27.7 Å². The zero-order chi connectivity index (χ0) is 16.9. The summed E-state index contributed by atoms with van der Waals surface area (Å²) in [6, 6.07) is 1.14. The first-order valence-electron chi connectivity index (χ1n) is 6.79. The fourth-order valence-corrected chi connectivity index (χ4v) is 2.08. The van der Waals surface area contributed by atoms with E-state index in [1.165, 1.54) is 0 Å².